The van der Waals surface area contributed by atoms with Crippen LogP contribution in [0.1, 0.15) is 23.7 Å². The zero-order valence-corrected chi connectivity index (χ0v) is 17.6. The molecule has 150 valence electrons. The van der Waals surface area contributed by atoms with E-state index in [-0.39, 0.29) is 5.91 Å². The molecule has 0 aliphatic rings. The van der Waals surface area contributed by atoms with Gasteiger partial charge in [0, 0.05) is 17.7 Å². The molecule has 0 aliphatic carbocycles. The standard InChI is InChI=1S/C25H23N3OS/c1-2-18-28-22(19-12-6-3-7-13-19)24(27-23(29)20-14-8-4-9-15-20)30-25(28)26-21-16-10-5-11-17-21/h3-17H,2,18H2,1H3,(H,27,29). The Hall–Kier alpha value is -3.44. The molecule has 0 spiro atoms. The molecule has 0 radical (unpaired) electrons. The van der Waals surface area contributed by atoms with Gasteiger partial charge < -0.3 is 9.88 Å². The van der Waals surface area contributed by atoms with Crippen molar-refractivity contribution >= 4 is 27.9 Å². The number of hydrogen-bond acceptors (Lipinski definition) is 3. The van der Waals surface area contributed by atoms with E-state index in [1.807, 2.05) is 78.9 Å². The number of amides is 1. The molecule has 0 fully saturated rings. The topological polar surface area (TPSA) is 46.4 Å². The third kappa shape index (κ3) is 4.42. The van der Waals surface area contributed by atoms with Crippen LogP contribution in [0.3, 0.4) is 0 Å². The van der Waals surface area contributed by atoms with Crippen LogP contribution in [0.15, 0.2) is 96.0 Å². The highest BCUT2D eigenvalue weighted by molar-refractivity contribution is 7.14. The van der Waals surface area contributed by atoms with Crippen molar-refractivity contribution in [3.63, 3.8) is 0 Å². The average Bonchev–Trinajstić information content (AvgIpc) is 3.12. The maximum Gasteiger partial charge on any atom is 0.256 e. The number of carbonyl (C=O) groups is 1. The highest BCUT2D eigenvalue weighted by atomic mass is 32.1. The number of anilines is 1. The number of nitrogens with zero attached hydrogens (tertiary/aromatic N) is 2. The molecule has 0 saturated heterocycles. The van der Waals surface area contributed by atoms with Gasteiger partial charge in [-0.25, -0.2) is 4.99 Å². The van der Waals surface area contributed by atoms with E-state index < -0.39 is 0 Å². The second-order valence-corrected chi connectivity index (χ2v) is 7.83. The number of para-hydroxylation sites is 1. The van der Waals surface area contributed by atoms with Crippen LogP contribution in [-0.4, -0.2) is 10.5 Å². The number of aromatic nitrogens is 1. The van der Waals surface area contributed by atoms with Crippen molar-refractivity contribution in [2.24, 2.45) is 4.99 Å². The van der Waals surface area contributed by atoms with Gasteiger partial charge in [-0.05, 0) is 30.7 Å². The molecule has 0 unspecified atom stereocenters. The first-order valence-corrected chi connectivity index (χ1v) is 10.8. The van der Waals surface area contributed by atoms with Crippen LogP contribution in [0.25, 0.3) is 11.3 Å². The average molecular weight is 414 g/mol. The van der Waals surface area contributed by atoms with Crippen LogP contribution >= 0.6 is 11.3 Å². The fourth-order valence-corrected chi connectivity index (χ4v) is 4.37. The Morgan fingerprint density at radius 3 is 2.13 bits per heavy atom. The molecule has 4 aromatic rings. The first-order chi connectivity index (χ1) is 14.8. The van der Waals surface area contributed by atoms with Crippen LogP contribution in [0.4, 0.5) is 10.7 Å². The molecule has 5 heteroatoms. The van der Waals surface area contributed by atoms with Crippen LogP contribution in [0.5, 0.6) is 0 Å². The number of carbonyl (C=O) groups excluding carboxylic acids is 1. The second-order valence-electron chi connectivity index (χ2n) is 6.85. The van der Waals surface area contributed by atoms with Crippen LogP contribution < -0.4 is 10.1 Å². The molecule has 3 aromatic carbocycles. The van der Waals surface area contributed by atoms with Gasteiger partial charge in [0.2, 0.25) is 0 Å². The number of nitrogens with one attached hydrogen (secondary N) is 1. The van der Waals surface area contributed by atoms with Crippen LogP contribution in [0.2, 0.25) is 0 Å². The third-order valence-corrected chi connectivity index (χ3v) is 5.64. The molecule has 30 heavy (non-hydrogen) atoms. The summed E-state index contributed by atoms with van der Waals surface area (Å²) in [6.45, 7) is 2.96. The predicted octanol–water partition coefficient (Wildman–Crippen LogP) is 6.11. The number of thiazole rings is 1. The largest absolute Gasteiger partial charge is 0.315 e. The van der Waals surface area contributed by atoms with E-state index in [0.717, 1.165) is 39.7 Å². The molecule has 0 saturated carbocycles. The quantitative estimate of drug-likeness (QED) is 0.407. The van der Waals surface area contributed by atoms with E-state index in [1.165, 1.54) is 11.3 Å². The van der Waals surface area contributed by atoms with E-state index in [4.69, 9.17) is 4.99 Å². The minimum absolute atomic E-state index is 0.121. The van der Waals surface area contributed by atoms with Gasteiger partial charge in [0.05, 0.1) is 11.4 Å². The summed E-state index contributed by atoms with van der Waals surface area (Å²) in [5.74, 6) is -0.121. The van der Waals surface area contributed by atoms with Gasteiger partial charge in [-0.3, -0.25) is 4.79 Å². The predicted molar refractivity (Wildman–Crippen MR) is 124 cm³/mol. The molecular formula is C25H23N3OS. The Morgan fingerprint density at radius 2 is 1.50 bits per heavy atom. The summed E-state index contributed by atoms with van der Waals surface area (Å²) in [6, 6.07) is 29.4. The summed E-state index contributed by atoms with van der Waals surface area (Å²) in [6.07, 6.45) is 0.963. The molecule has 1 heterocycles. The van der Waals surface area contributed by atoms with Gasteiger partial charge >= 0.3 is 0 Å². The lowest BCUT2D eigenvalue weighted by atomic mass is 10.1. The Balaban J connectivity index is 1.86. The van der Waals surface area contributed by atoms with E-state index in [0.29, 0.717) is 5.56 Å². The van der Waals surface area contributed by atoms with E-state index in [9.17, 15) is 4.79 Å². The van der Waals surface area contributed by atoms with Gasteiger partial charge in [0.15, 0.2) is 4.80 Å². The minimum Gasteiger partial charge on any atom is -0.315 e. The van der Waals surface area contributed by atoms with Crippen molar-refractivity contribution in [3.8, 4) is 11.3 Å². The smallest absolute Gasteiger partial charge is 0.256 e. The van der Waals surface area contributed by atoms with Crippen LogP contribution in [-0.2, 0) is 6.54 Å². The number of rotatable bonds is 6. The molecule has 4 nitrogen and oxygen atoms in total. The lowest BCUT2D eigenvalue weighted by Crippen LogP contribution is -2.16. The molecule has 1 N–H and O–H groups in total. The molecule has 1 amide bonds. The Kier molecular flexibility index (Phi) is 6.20. The third-order valence-electron chi connectivity index (χ3n) is 4.65. The van der Waals surface area contributed by atoms with Crippen molar-refractivity contribution in [1.29, 1.82) is 0 Å². The van der Waals surface area contributed by atoms with Gasteiger partial charge in [0.25, 0.3) is 5.91 Å². The summed E-state index contributed by atoms with van der Waals surface area (Å²) in [5, 5.41) is 3.93. The van der Waals surface area contributed by atoms with Gasteiger partial charge in [-0.1, -0.05) is 85.0 Å². The minimum atomic E-state index is -0.121. The van der Waals surface area contributed by atoms with Crippen molar-refractivity contribution in [2.45, 2.75) is 19.9 Å². The van der Waals surface area contributed by atoms with Gasteiger partial charge in [-0.15, -0.1) is 0 Å². The maximum atomic E-state index is 12.9. The first-order valence-electron chi connectivity index (χ1n) is 10.0. The highest BCUT2D eigenvalue weighted by Crippen LogP contribution is 2.31. The van der Waals surface area contributed by atoms with Crippen molar-refractivity contribution in [2.75, 3.05) is 5.32 Å². The van der Waals surface area contributed by atoms with E-state index in [2.05, 4.69) is 28.9 Å². The summed E-state index contributed by atoms with van der Waals surface area (Å²) < 4.78 is 2.20. The van der Waals surface area contributed by atoms with Gasteiger partial charge in [-0.2, -0.15) is 0 Å². The molecule has 0 aliphatic heterocycles. The van der Waals surface area contributed by atoms with E-state index >= 15 is 0 Å². The number of hydrogen-bond donors (Lipinski definition) is 1. The first kappa shape index (κ1) is 19.9. The summed E-state index contributed by atoms with van der Waals surface area (Å²) in [7, 11) is 0. The second kappa shape index (κ2) is 9.37. The molecule has 0 atom stereocenters. The zero-order chi connectivity index (χ0) is 20.8. The van der Waals surface area contributed by atoms with Gasteiger partial charge in [0.1, 0.15) is 5.00 Å². The zero-order valence-electron chi connectivity index (χ0n) is 16.8. The Bertz CT molecular complexity index is 1180. The highest BCUT2D eigenvalue weighted by Gasteiger charge is 2.18. The molecule has 4 rings (SSSR count). The number of benzene rings is 3. The lowest BCUT2D eigenvalue weighted by Gasteiger charge is -2.11. The van der Waals surface area contributed by atoms with E-state index in [1.54, 1.807) is 0 Å². The fourth-order valence-electron chi connectivity index (χ4n) is 3.27. The lowest BCUT2D eigenvalue weighted by molar-refractivity contribution is 0.102. The van der Waals surface area contributed by atoms with Crippen molar-refractivity contribution in [1.82, 2.24) is 4.57 Å². The fraction of sp³-hybridized carbons (Fsp3) is 0.120. The Labute approximate surface area is 180 Å². The summed E-state index contributed by atoms with van der Waals surface area (Å²) >= 11 is 1.50. The molecule has 0 bridgehead atoms. The van der Waals surface area contributed by atoms with Crippen molar-refractivity contribution < 1.29 is 4.79 Å². The SMILES string of the molecule is CCCn1c(-c2ccccc2)c(NC(=O)c2ccccc2)sc1=Nc1ccccc1. The monoisotopic (exact) mass is 413 g/mol. The Morgan fingerprint density at radius 1 is 0.900 bits per heavy atom. The summed E-state index contributed by atoms with van der Waals surface area (Å²) in [5.41, 5.74) is 3.57. The summed E-state index contributed by atoms with van der Waals surface area (Å²) in [4.78, 5) is 18.6. The normalized spacial score (nSPS) is 11.4. The molecular weight excluding hydrogens is 390 g/mol. The maximum absolute atomic E-state index is 12.9. The van der Waals surface area contributed by atoms with Crippen LogP contribution in [0, 0.1) is 0 Å². The molecule has 1 aromatic heterocycles. The van der Waals surface area contributed by atoms with Crippen molar-refractivity contribution in [3.05, 3.63) is 101 Å².